The number of aromatic amines is 1. The van der Waals surface area contributed by atoms with Crippen molar-refractivity contribution in [1.29, 1.82) is 0 Å². The molecule has 5 N–H and O–H groups in total. The monoisotopic (exact) mass is 238 g/mol. The van der Waals surface area contributed by atoms with Gasteiger partial charge in [0, 0.05) is 0 Å². The molecule has 2 rings (SSSR count). The number of hydrogen-bond donors (Lipinski definition) is 4. The minimum Gasteiger partial charge on any atom is -0.480 e. The molecular formula is C10H14N4O3. The number of nitrogens with zero attached hydrogens (tertiary/aromatic N) is 1. The summed E-state index contributed by atoms with van der Waals surface area (Å²) in [5, 5.41) is 12.0. The second-order valence-corrected chi connectivity index (χ2v) is 4.40. The van der Waals surface area contributed by atoms with Crippen LogP contribution in [0.2, 0.25) is 0 Å². The second-order valence-electron chi connectivity index (χ2n) is 4.40. The van der Waals surface area contributed by atoms with E-state index in [-0.39, 0.29) is 17.4 Å². The number of aliphatic carboxylic acids is 1. The minimum atomic E-state index is -1.13. The SMILES string of the molecule is CC(Nc1nc[nH]c(=O)c1N)(C(=O)O)C1CC1. The maximum atomic E-state index is 11.3. The lowest BCUT2D eigenvalue weighted by Gasteiger charge is -2.26. The molecular weight excluding hydrogens is 224 g/mol. The van der Waals surface area contributed by atoms with Gasteiger partial charge in [0.05, 0.1) is 6.33 Å². The Bertz CT molecular complexity index is 509. The lowest BCUT2D eigenvalue weighted by atomic mass is 9.96. The van der Waals surface area contributed by atoms with Crippen LogP contribution in [0.25, 0.3) is 0 Å². The van der Waals surface area contributed by atoms with Crippen LogP contribution in [0.3, 0.4) is 0 Å². The third-order valence-electron chi connectivity index (χ3n) is 3.11. The first-order chi connectivity index (χ1) is 7.95. The number of hydrogen-bond acceptors (Lipinski definition) is 5. The Hall–Kier alpha value is -2.05. The van der Waals surface area contributed by atoms with Gasteiger partial charge in [-0.2, -0.15) is 0 Å². The molecule has 0 spiro atoms. The Labute approximate surface area is 97.1 Å². The molecule has 0 aliphatic heterocycles. The maximum Gasteiger partial charge on any atom is 0.329 e. The molecule has 1 saturated carbocycles. The van der Waals surface area contributed by atoms with Crippen LogP contribution in [0.15, 0.2) is 11.1 Å². The molecule has 1 unspecified atom stereocenters. The van der Waals surface area contributed by atoms with Crippen molar-refractivity contribution in [3.8, 4) is 0 Å². The quantitative estimate of drug-likeness (QED) is 0.586. The largest absolute Gasteiger partial charge is 0.480 e. The number of nitrogens with one attached hydrogen (secondary N) is 2. The number of anilines is 2. The highest BCUT2D eigenvalue weighted by Gasteiger charge is 2.48. The third kappa shape index (κ3) is 1.95. The molecule has 7 heteroatoms. The van der Waals surface area contributed by atoms with Gasteiger partial charge in [-0.15, -0.1) is 0 Å². The summed E-state index contributed by atoms with van der Waals surface area (Å²) in [6.07, 6.45) is 2.88. The van der Waals surface area contributed by atoms with Crippen molar-refractivity contribution >= 4 is 17.5 Å². The molecule has 1 aliphatic carbocycles. The van der Waals surface area contributed by atoms with E-state index in [1.165, 1.54) is 6.33 Å². The number of nitrogens with two attached hydrogens (primary N) is 1. The van der Waals surface area contributed by atoms with Crippen LogP contribution >= 0.6 is 0 Å². The van der Waals surface area contributed by atoms with Crippen LogP contribution in [-0.4, -0.2) is 26.6 Å². The van der Waals surface area contributed by atoms with Crippen LogP contribution in [0.5, 0.6) is 0 Å². The standard InChI is InChI=1S/C10H14N4O3/c1-10(9(16)17,5-2-3-5)14-7-6(11)8(15)13-4-12-7/h4-5H,2-3,11H2,1H3,(H,16,17)(H2,12,13,14,15). The molecule has 7 nitrogen and oxygen atoms in total. The van der Waals surface area contributed by atoms with Crippen molar-refractivity contribution in [3.05, 3.63) is 16.7 Å². The Morgan fingerprint density at radius 3 is 2.88 bits per heavy atom. The summed E-state index contributed by atoms with van der Waals surface area (Å²) in [6.45, 7) is 1.58. The zero-order valence-corrected chi connectivity index (χ0v) is 9.36. The lowest BCUT2D eigenvalue weighted by molar-refractivity contribution is -0.142. The molecule has 1 fully saturated rings. The molecule has 0 amide bonds. The highest BCUT2D eigenvalue weighted by Crippen LogP contribution is 2.41. The summed E-state index contributed by atoms with van der Waals surface area (Å²) in [5.74, 6) is -0.812. The Kier molecular flexibility index (Phi) is 2.53. The third-order valence-corrected chi connectivity index (χ3v) is 3.11. The van der Waals surface area contributed by atoms with Crippen LogP contribution in [0.1, 0.15) is 19.8 Å². The highest BCUT2D eigenvalue weighted by atomic mass is 16.4. The van der Waals surface area contributed by atoms with Gasteiger partial charge in [0.15, 0.2) is 5.82 Å². The molecule has 1 aromatic heterocycles. The molecule has 92 valence electrons. The van der Waals surface area contributed by atoms with E-state index in [0.29, 0.717) is 0 Å². The summed E-state index contributed by atoms with van der Waals surface area (Å²) in [4.78, 5) is 28.7. The van der Waals surface area contributed by atoms with Gasteiger partial charge in [0.1, 0.15) is 11.2 Å². The Morgan fingerprint density at radius 1 is 1.71 bits per heavy atom. The Balaban J connectivity index is 2.33. The molecule has 1 aromatic rings. The number of aromatic nitrogens is 2. The topological polar surface area (TPSA) is 121 Å². The number of rotatable bonds is 4. The van der Waals surface area contributed by atoms with Crippen molar-refractivity contribution in [2.24, 2.45) is 5.92 Å². The van der Waals surface area contributed by atoms with E-state index < -0.39 is 17.1 Å². The van der Waals surface area contributed by atoms with Gasteiger partial charge in [0.25, 0.3) is 5.56 Å². The summed E-state index contributed by atoms with van der Waals surface area (Å²) in [5.41, 5.74) is 3.84. The fraction of sp³-hybridized carbons (Fsp3) is 0.500. The molecule has 0 bridgehead atoms. The average Bonchev–Trinajstić information content (AvgIpc) is 3.08. The van der Waals surface area contributed by atoms with E-state index in [1.807, 2.05) is 0 Å². The summed E-state index contributed by atoms with van der Waals surface area (Å²) in [6, 6.07) is 0. The number of nitrogen functional groups attached to an aromatic ring is 1. The molecule has 1 heterocycles. The van der Waals surface area contributed by atoms with E-state index in [4.69, 9.17) is 5.73 Å². The van der Waals surface area contributed by atoms with Crippen LogP contribution in [-0.2, 0) is 4.79 Å². The minimum absolute atomic E-state index is 0.0421. The van der Waals surface area contributed by atoms with Gasteiger partial charge >= 0.3 is 5.97 Å². The summed E-state index contributed by atoms with van der Waals surface area (Å²) >= 11 is 0. The number of carboxylic acids is 1. The molecule has 0 saturated heterocycles. The zero-order chi connectivity index (χ0) is 12.6. The van der Waals surface area contributed by atoms with Gasteiger partial charge in [-0.1, -0.05) is 0 Å². The fourth-order valence-electron chi connectivity index (χ4n) is 1.75. The van der Waals surface area contributed by atoms with Crippen LogP contribution < -0.4 is 16.6 Å². The second kappa shape index (κ2) is 3.76. The van der Waals surface area contributed by atoms with Gasteiger partial charge < -0.3 is 21.1 Å². The van der Waals surface area contributed by atoms with Crippen molar-refractivity contribution in [2.45, 2.75) is 25.3 Å². The summed E-state index contributed by atoms with van der Waals surface area (Å²) < 4.78 is 0. The maximum absolute atomic E-state index is 11.3. The number of H-pyrrole nitrogens is 1. The first kappa shape index (κ1) is 11.4. The van der Waals surface area contributed by atoms with Crippen LogP contribution in [0, 0.1) is 5.92 Å². The first-order valence-electron chi connectivity index (χ1n) is 5.30. The van der Waals surface area contributed by atoms with Crippen molar-refractivity contribution in [1.82, 2.24) is 9.97 Å². The normalized spacial score (nSPS) is 18.4. The number of carboxylic acid groups (broad SMARTS) is 1. The summed E-state index contributed by atoms with van der Waals surface area (Å²) in [7, 11) is 0. The van der Waals surface area contributed by atoms with E-state index >= 15 is 0 Å². The van der Waals surface area contributed by atoms with Gasteiger partial charge in [-0.25, -0.2) is 9.78 Å². The van der Waals surface area contributed by atoms with Crippen LogP contribution in [0.4, 0.5) is 11.5 Å². The molecule has 1 aliphatic rings. The molecule has 0 aromatic carbocycles. The highest BCUT2D eigenvalue weighted by molar-refractivity contribution is 5.84. The van der Waals surface area contributed by atoms with E-state index in [9.17, 15) is 14.7 Å². The van der Waals surface area contributed by atoms with Gasteiger partial charge in [-0.3, -0.25) is 4.79 Å². The van der Waals surface area contributed by atoms with Crippen molar-refractivity contribution in [3.63, 3.8) is 0 Å². The predicted molar refractivity (Wildman–Crippen MR) is 61.7 cm³/mol. The van der Waals surface area contributed by atoms with Gasteiger partial charge in [0.2, 0.25) is 0 Å². The van der Waals surface area contributed by atoms with Gasteiger partial charge in [-0.05, 0) is 25.7 Å². The molecule has 0 radical (unpaired) electrons. The first-order valence-corrected chi connectivity index (χ1v) is 5.30. The van der Waals surface area contributed by atoms with Crippen molar-refractivity contribution < 1.29 is 9.90 Å². The van der Waals surface area contributed by atoms with E-state index in [2.05, 4.69) is 15.3 Å². The van der Waals surface area contributed by atoms with Crippen molar-refractivity contribution in [2.75, 3.05) is 11.1 Å². The Morgan fingerprint density at radius 2 is 2.35 bits per heavy atom. The molecule has 17 heavy (non-hydrogen) atoms. The molecule has 1 atom stereocenters. The lowest BCUT2D eigenvalue weighted by Crippen LogP contribution is -2.46. The zero-order valence-electron chi connectivity index (χ0n) is 9.36. The fourth-order valence-corrected chi connectivity index (χ4v) is 1.75. The number of carbonyl (C=O) groups is 1. The average molecular weight is 238 g/mol. The van der Waals surface area contributed by atoms with E-state index in [0.717, 1.165) is 12.8 Å². The van der Waals surface area contributed by atoms with E-state index in [1.54, 1.807) is 6.92 Å². The predicted octanol–water partition coefficient (Wildman–Crippen LogP) is 0.0173. The smallest absolute Gasteiger partial charge is 0.329 e.